The molecule has 4 aromatic rings. The Kier molecular flexibility index (Phi) is 3.45. The first-order chi connectivity index (χ1) is 12.9. The molecular weight excluding hydrogens is 381 g/mol. The number of rotatable bonds is 3. The van der Waals surface area contributed by atoms with Gasteiger partial charge in [0.05, 0.1) is 11.7 Å². The summed E-state index contributed by atoms with van der Waals surface area (Å²) < 4.78 is 40.9. The molecule has 0 amide bonds. The van der Waals surface area contributed by atoms with Crippen molar-refractivity contribution in [3.05, 3.63) is 53.3 Å². The highest BCUT2D eigenvalue weighted by Gasteiger charge is 2.42. The standard InChI is InChI=1S/C17H12ClF3N6/c18-15-4-12(16-22-1-2-26(16)25-15)10-3-11(10)13-5-14-9(6-23-13)7-24-27(14)8-17(19,20)21/h1-2,4-7,10-11H,3,8H2/t10-,11-/m0/s1. The Morgan fingerprint density at radius 3 is 2.81 bits per heavy atom. The molecule has 0 spiro atoms. The number of halogens is 4. The zero-order valence-corrected chi connectivity index (χ0v) is 14.5. The van der Waals surface area contributed by atoms with Gasteiger partial charge in [-0.1, -0.05) is 11.6 Å². The summed E-state index contributed by atoms with van der Waals surface area (Å²) in [6.45, 7) is -1.12. The summed E-state index contributed by atoms with van der Waals surface area (Å²) in [6.07, 6.45) is 2.85. The normalized spacial score (nSPS) is 19.9. The van der Waals surface area contributed by atoms with Gasteiger partial charge in [0.1, 0.15) is 11.7 Å². The van der Waals surface area contributed by atoms with E-state index in [0.717, 1.165) is 28.0 Å². The zero-order chi connectivity index (χ0) is 18.8. The first-order valence-corrected chi connectivity index (χ1v) is 8.65. The average Bonchev–Trinajstić information content (AvgIpc) is 3.10. The zero-order valence-electron chi connectivity index (χ0n) is 13.7. The van der Waals surface area contributed by atoms with Gasteiger partial charge in [0, 0.05) is 41.2 Å². The van der Waals surface area contributed by atoms with Gasteiger partial charge < -0.3 is 0 Å². The monoisotopic (exact) mass is 392 g/mol. The van der Waals surface area contributed by atoms with E-state index in [2.05, 4.69) is 20.2 Å². The Balaban J connectivity index is 1.50. The maximum absolute atomic E-state index is 12.8. The molecule has 4 aromatic heterocycles. The SMILES string of the molecule is FC(F)(F)Cn1ncc2cnc([C@H]3C[C@@H]3c3cc(Cl)nn4ccnc34)cc21. The summed E-state index contributed by atoms with van der Waals surface area (Å²) in [6, 6.07) is 3.49. The van der Waals surface area contributed by atoms with Gasteiger partial charge in [0.2, 0.25) is 0 Å². The van der Waals surface area contributed by atoms with Crippen molar-refractivity contribution in [2.24, 2.45) is 0 Å². The topological polar surface area (TPSA) is 60.9 Å². The number of alkyl halides is 3. The lowest BCUT2D eigenvalue weighted by atomic mass is 10.1. The third kappa shape index (κ3) is 2.91. The van der Waals surface area contributed by atoms with E-state index in [1.165, 1.54) is 6.20 Å². The molecule has 0 radical (unpaired) electrons. The Morgan fingerprint density at radius 2 is 2.00 bits per heavy atom. The molecule has 1 aliphatic carbocycles. The van der Waals surface area contributed by atoms with Gasteiger partial charge in [-0.25, -0.2) is 9.50 Å². The van der Waals surface area contributed by atoms with Crippen LogP contribution in [0.5, 0.6) is 0 Å². The van der Waals surface area contributed by atoms with Crippen molar-refractivity contribution in [2.45, 2.75) is 31.0 Å². The number of hydrogen-bond acceptors (Lipinski definition) is 4. The molecule has 138 valence electrons. The Bertz CT molecular complexity index is 1160. The summed E-state index contributed by atoms with van der Waals surface area (Å²) >= 11 is 6.10. The van der Waals surface area contributed by atoms with Gasteiger partial charge in [-0.2, -0.15) is 23.4 Å². The molecule has 2 atom stereocenters. The smallest absolute Gasteiger partial charge is 0.260 e. The van der Waals surface area contributed by atoms with Crippen LogP contribution >= 0.6 is 11.6 Å². The molecule has 1 saturated carbocycles. The summed E-state index contributed by atoms with van der Waals surface area (Å²) in [7, 11) is 0. The van der Waals surface area contributed by atoms with Gasteiger partial charge in [-0.3, -0.25) is 9.67 Å². The highest BCUT2D eigenvalue weighted by Crippen LogP contribution is 2.55. The van der Waals surface area contributed by atoms with Gasteiger partial charge in [0.25, 0.3) is 0 Å². The lowest BCUT2D eigenvalue weighted by Gasteiger charge is -2.08. The van der Waals surface area contributed by atoms with Crippen LogP contribution in [0.1, 0.15) is 29.5 Å². The minimum Gasteiger partial charge on any atom is -0.260 e. The van der Waals surface area contributed by atoms with Crippen LogP contribution in [0, 0.1) is 0 Å². The maximum atomic E-state index is 12.8. The van der Waals surface area contributed by atoms with E-state index in [4.69, 9.17) is 11.6 Å². The van der Waals surface area contributed by atoms with Crippen LogP contribution < -0.4 is 0 Å². The molecule has 1 fully saturated rings. The molecule has 10 heteroatoms. The summed E-state index contributed by atoms with van der Waals surface area (Å²) in [5.74, 6) is 0.252. The van der Waals surface area contributed by atoms with Gasteiger partial charge >= 0.3 is 6.18 Å². The molecule has 0 unspecified atom stereocenters. The second-order valence-electron chi connectivity index (χ2n) is 6.65. The lowest BCUT2D eigenvalue weighted by Crippen LogP contribution is -2.18. The number of hydrogen-bond donors (Lipinski definition) is 0. The van der Waals surface area contributed by atoms with Gasteiger partial charge in [-0.15, -0.1) is 0 Å². The largest absolute Gasteiger partial charge is 0.408 e. The summed E-state index contributed by atoms with van der Waals surface area (Å²) in [5.41, 5.74) is 2.88. The van der Waals surface area contributed by atoms with Crippen molar-refractivity contribution in [1.29, 1.82) is 0 Å². The molecule has 0 aromatic carbocycles. The predicted octanol–water partition coefficient (Wildman–Crippen LogP) is 3.96. The van der Waals surface area contributed by atoms with Crippen LogP contribution in [-0.2, 0) is 6.54 Å². The molecule has 0 bridgehead atoms. The van der Waals surface area contributed by atoms with E-state index < -0.39 is 12.7 Å². The summed E-state index contributed by atoms with van der Waals surface area (Å²) in [5, 5.41) is 8.97. The number of pyridine rings is 1. The lowest BCUT2D eigenvalue weighted by molar-refractivity contribution is -0.141. The minimum absolute atomic E-state index is 0.0996. The van der Waals surface area contributed by atoms with Crippen molar-refractivity contribution < 1.29 is 13.2 Å². The molecule has 4 heterocycles. The molecular formula is C17H12ClF3N6. The fourth-order valence-electron chi connectivity index (χ4n) is 3.53. The van der Waals surface area contributed by atoms with E-state index in [-0.39, 0.29) is 11.8 Å². The molecule has 6 nitrogen and oxygen atoms in total. The first kappa shape index (κ1) is 16.5. The van der Waals surface area contributed by atoms with Crippen LogP contribution in [0.15, 0.2) is 36.9 Å². The van der Waals surface area contributed by atoms with E-state index in [1.807, 2.05) is 0 Å². The average molecular weight is 393 g/mol. The Labute approximate surface area is 155 Å². The van der Waals surface area contributed by atoms with Crippen molar-refractivity contribution in [1.82, 2.24) is 29.4 Å². The van der Waals surface area contributed by atoms with Crippen LogP contribution in [-0.4, -0.2) is 35.5 Å². The third-order valence-electron chi connectivity index (χ3n) is 4.80. The minimum atomic E-state index is -4.33. The number of imidazole rings is 1. The van der Waals surface area contributed by atoms with E-state index in [1.54, 1.807) is 35.2 Å². The quantitative estimate of drug-likeness (QED) is 0.529. The predicted molar refractivity (Wildman–Crippen MR) is 91.7 cm³/mol. The second kappa shape index (κ2) is 5.66. The molecule has 5 rings (SSSR count). The van der Waals surface area contributed by atoms with Crippen LogP contribution in [0.4, 0.5) is 13.2 Å². The molecule has 0 N–H and O–H groups in total. The van der Waals surface area contributed by atoms with Gasteiger partial charge in [-0.05, 0) is 24.5 Å². The maximum Gasteiger partial charge on any atom is 0.408 e. The molecule has 1 aliphatic rings. The van der Waals surface area contributed by atoms with Crippen LogP contribution in [0.25, 0.3) is 16.6 Å². The highest BCUT2D eigenvalue weighted by molar-refractivity contribution is 6.29. The van der Waals surface area contributed by atoms with E-state index in [9.17, 15) is 13.2 Å². The second-order valence-corrected chi connectivity index (χ2v) is 7.04. The van der Waals surface area contributed by atoms with Crippen LogP contribution in [0.2, 0.25) is 5.15 Å². The molecule has 0 aliphatic heterocycles. The fourth-order valence-corrected chi connectivity index (χ4v) is 3.73. The molecule has 0 saturated heterocycles. The van der Waals surface area contributed by atoms with Crippen molar-refractivity contribution in [2.75, 3.05) is 0 Å². The fraction of sp³-hybridized carbons (Fsp3) is 0.294. The third-order valence-corrected chi connectivity index (χ3v) is 4.99. The first-order valence-electron chi connectivity index (χ1n) is 8.27. The number of aromatic nitrogens is 6. The molecule has 27 heavy (non-hydrogen) atoms. The van der Waals surface area contributed by atoms with Crippen LogP contribution in [0.3, 0.4) is 0 Å². The van der Waals surface area contributed by atoms with E-state index in [0.29, 0.717) is 16.1 Å². The van der Waals surface area contributed by atoms with Crippen molar-refractivity contribution in [3.63, 3.8) is 0 Å². The highest BCUT2D eigenvalue weighted by atomic mass is 35.5. The summed E-state index contributed by atoms with van der Waals surface area (Å²) in [4.78, 5) is 8.76. The van der Waals surface area contributed by atoms with E-state index >= 15 is 0 Å². The number of fused-ring (bicyclic) bond motifs is 2. The number of nitrogens with zero attached hydrogens (tertiary/aromatic N) is 6. The Morgan fingerprint density at radius 1 is 1.15 bits per heavy atom. The van der Waals surface area contributed by atoms with Crippen molar-refractivity contribution >= 4 is 28.2 Å². The van der Waals surface area contributed by atoms with Gasteiger partial charge in [0.15, 0.2) is 5.65 Å². The van der Waals surface area contributed by atoms with Crippen molar-refractivity contribution in [3.8, 4) is 0 Å². The Hall–Kier alpha value is -2.68.